The molecule has 0 bridgehead atoms. The Morgan fingerprint density at radius 3 is 3.21 bits per heavy atom. The van der Waals surface area contributed by atoms with Crippen LogP contribution in [0.3, 0.4) is 0 Å². The van der Waals surface area contributed by atoms with E-state index >= 15 is 0 Å². The van der Waals surface area contributed by atoms with E-state index < -0.39 is 0 Å². The molecule has 0 radical (unpaired) electrons. The van der Waals surface area contributed by atoms with Gasteiger partial charge in [-0.15, -0.1) is 0 Å². The van der Waals surface area contributed by atoms with E-state index in [0.717, 1.165) is 23.9 Å². The van der Waals surface area contributed by atoms with E-state index in [-0.39, 0.29) is 6.04 Å². The molecule has 5 heteroatoms. The van der Waals surface area contributed by atoms with Crippen molar-refractivity contribution in [1.82, 2.24) is 10.1 Å². The average molecular weight is 213 g/mol. The lowest BCUT2D eigenvalue weighted by Crippen LogP contribution is -2.18. The van der Waals surface area contributed by atoms with Crippen LogP contribution in [0.15, 0.2) is 4.52 Å². The minimum absolute atomic E-state index is 0.0957. The molecular weight excluding hydrogens is 198 g/mol. The number of rotatable bonds is 3. The zero-order chi connectivity index (χ0) is 9.97. The Morgan fingerprint density at radius 1 is 1.71 bits per heavy atom. The summed E-state index contributed by atoms with van der Waals surface area (Å²) in [5, 5.41) is 3.93. The molecule has 1 aromatic rings. The lowest BCUT2D eigenvalue weighted by molar-refractivity contribution is 0.356. The van der Waals surface area contributed by atoms with Gasteiger partial charge in [0.1, 0.15) is 0 Å². The summed E-state index contributed by atoms with van der Waals surface area (Å²) in [6, 6.07) is 0.0957. The summed E-state index contributed by atoms with van der Waals surface area (Å²) >= 11 is 1.95. The molecule has 1 aliphatic heterocycles. The number of aromatic nitrogens is 2. The normalized spacial score (nSPS) is 24.0. The Kier molecular flexibility index (Phi) is 3.08. The molecule has 0 spiro atoms. The third-order valence-electron chi connectivity index (χ3n) is 2.27. The molecule has 2 heterocycles. The fourth-order valence-corrected chi connectivity index (χ4v) is 2.75. The van der Waals surface area contributed by atoms with Crippen molar-refractivity contribution in [2.75, 3.05) is 11.5 Å². The molecule has 78 valence electrons. The van der Waals surface area contributed by atoms with E-state index in [1.165, 1.54) is 5.75 Å². The van der Waals surface area contributed by atoms with Gasteiger partial charge in [-0.1, -0.05) is 5.16 Å². The van der Waals surface area contributed by atoms with Crippen molar-refractivity contribution in [2.45, 2.75) is 31.7 Å². The van der Waals surface area contributed by atoms with Gasteiger partial charge in [0.25, 0.3) is 0 Å². The Morgan fingerprint density at radius 2 is 2.57 bits per heavy atom. The Balaban J connectivity index is 2.01. The fourth-order valence-electron chi connectivity index (χ4n) is 1.53. The summed E-state index contributed by atoms with van der Waals surface area (Å²) in [7, 11) is 0. The van der Waals surface area contributed by atoms with Gasteiger partial charge in [-0.2, -0.15) is 16.7 Å². The molecular formula is C9H15N3OS. The largest absolute Gasteiger partial charge is 0.339 e. The van der Waals surface area contributed by atoms with E-state index in [4.69, 9.17) is 10.3 Å². The first-order chi connectivity index (χ1) is 6.75. The third-order valence-corrected chi connectivity index (χ3v) is 3.43. The molecule has 2 unspecified atom stereocenters. The van der Waals surface area contributed by atoms with Gasteiger partial charge in [0.15, 0.2) is 5.82 Å². The number of thioether (sulfide) groups is 1. The lowest BCUT2D eigenvalue weighted by atomic mass is 10.1. The van der Waals surface area contributed by atoms with Gasteiger partial charge in [0.2, 0.25) is 5.89 Å². The standard InChI is InChI=1S/C9H15N3OS/c1-6(10)4-8-11-9(13-12-8)7-2-3-14-5-7/h6-7H,2-5,10H2,1H3. The zero-order valence-electron chi connectivity index (χ0n) is 8.27. The summed E-state index contributed by atoms with van der Waals surface area (Å²) < 4.78 is 5.22. The van der Waals surface area contributed by atoms with Crippen molar-refractivity contribution >= 4 is 11.8 Å². The second-order valence-corrected chi connectivity index (χ2v) is 4.94. The summed E-state index contributed by atoms with van der Waals surface area (Å²) in [5.41, 5.74) is 5.66. The fraction of sp³-hybridized carbons (Fsp3) is 0.778. The maximum atomic E-state index is 5.66. The van der Waals surface area contributed by atoms with Crippen LogP contribution in [-0.2, 0) is 6.42 Å². The van der Waals surface area contributed by atoms with Gasteiger partial charge < -0.3 is 10.3 Å². The Hall–Kier alpha value is -0.550. The molecule has 2 atom stereocenters. The number of nitrogens with zero attached hydrogens (tertiary/aromatic N) is 2. The Bertz CT molecular complexity index is 294. The van der Waals surface area contributed by atoms with E-state index in [9.17, 15) is 0 Å². The molecule has 1 aliphatic rings. The molecule has 1 aromatic heterocycles. The molecule has 0 aliphatic carbocycles. The highest BCUT2D eigenvalue weighted by atomic mass is 32.2. The van der Waals surface area contributed by atoms with Crippen LogP contribution in [0.1, 0.15) is 31.0 Å². The van der Waals surface area contributed by atoms with Crippen molar-refractivity contribution in [3.63, 3.8) is 0 Å². The number of nitrogens with two attached hydrogens (primary N) is 1. The van der Waals surface area contributed by atoms with Crippen LogP contribution in [-0.4, -0.2) is 27.7 Å². The number of hydrogen-bond acceptors (Lipinski definition) is 5. The molecule has 1 fully saturated rings. The number of hydrogen-bond donors (Lipinski definition) is 1. The van der Waals surface area contributed by atoms with Gasteiger partial charge in [-0.25, -0.2) is 0 Å². The van der Waals surface area contributed by atoms with Crippen LogP contribution in [0.25, 0.3) is 0 Å². The highest BCUT2D eigenvalue weighted by Gasteiger charge is 2.23. The second-order valence-electron chi connectivity index (χ2n) is 3.79. The zero-order valence-corrected chi connectivity index (χ0v) is 9.09. The predicted molar refractivity (Wildman–Crippen MR) is 56.3 cm³/mol. The quantitative estimate of drug-likeness (QED) is 0.816. The smallest absolute Gasteiger partial charge is 0.230 e. The minimum atomic E-state index is 0.0957. The van der Waals surface area contributed by atoms with Gasteiger partial charge >= 0.3 is 0 Å². The van der Waals surface area contributed by atoms with Crippen LogP contribution in [0.2, 0.25) is 0 Å². The molecule has 14 heavy (non-hydrogen) atoms. The molecule has 1 saturated heterocycles. The predicted octanol–water partition coefficient (Wildman–Crippen LogP) is 1.18. The summed E-state index contributed by atoms with van der Waals surface area (Å²) in [4.78, 5) is 4.36. The van der Waals surface area contributed by atoms with Crippen LogP contribution in [0.4, 0.5) is 0 Å². The minimum Gasteiger partial charge on any atom is -0.339 e. The monoisotopic (exact) mass is 213 g/mol. The average Bonchev–Trinajstić information content (AvgIpc) is 2.69. The van der Waals surface area contributed by atoms with Crippen LogP contribution >= 0.6 is 11.8 Å². The lowest BCUT2D eigenvalue weighted by Gasteiger charge is -1.99. The maximum absolute atomic E-state index is 5.66. The summed E-state index contributed by atoms with van der Waals surface area (Å²) in [5.74, 6) is 4.32. The first-order valence-corrected chi connectivity index (χ1v) is 6.07. The highest BCUT2D eigenvalue weighted by molar-refractivity contribution is 7.99. The van der Waals surface area contributed by atoms with Gasteiger partial charge in [-0.05, 0) is 19.1 Å². The molecule has 2 N–H and O–H groups in total. The summed E-state index contributed by atoms with van der Waals surface area (Å²) in [6.45, 7) is 1.95. The molecule has 0 amide bonds. The maximum Gasteiger partial charge on any atom is 0.230 e. The van der Waals surface area contributed by atoms with Crippen molar-refractivity contribution in [2.24, 2.45) is 5.73 Å². The van der Waals surface area contributed by atoms with E-state index in [1.807, 2.05) is 18.7 Å². The Labute approximate surface area is 87.6 Å². The third kappa shape index (κ3) is 2.27. The van der Waals surface area contributed by atoms with E-state index in [1.54, 1.807) is 0 Å². The van der Waals surface area contributed by atoms with Gasteiger partial charge in [-0.3, -0.25) is 0 Å². The van der Waals surface area contributed by atoms with E-state index in [0.29, 0.717) is 12.3 Å². The van der Waals surface area contributed by atoms with Crippen LogP contribution in [0.5, 0.6) is 0 Å². The van der Waals surface area contributed by atoms with Gasteiger partial charge in [0, 0.05) is 24.1 Å². The van der Waals surface area contributed by atoms with Crippen molar-refractivity contribution < 1.29 is 4.52 Å². The molecule has 0 aromatic carbocycles. The second kappa shape index (κ2) is 4.31. The van der Waals surface area contributed by atoms with Gasteiger partial charge in [0.05, 0.1) is 0 Å². The van der Waals surface area contributed by atoms with Crippen molar-refractivity contribution in [3.05, 3.63) is 11.7 Å². The SMILES string of the molecule is CC(N)Cc1noc(C2CCSC2)n1. The van der Waals surface area contributed by atoms with Crippen LogP contribution < -0.4 is 5.73 Å². The molecule has 4 nitrogen and oxygen atoms in total. The first-order valence-electron chi connectivity index (χ1n) is 4.91. The summed E-state index contributed by atoms with van der Waals surface area (Å²) in [6.07, 6.45) is 1.86. The first kappa shape index (κ1) is 9.98. The van der Waals surface area contributed by atoms with Crippen LogP contribution in [0, 0.1) is 0 Å². The topological polar surface area (TPSA) is 64.9 Å². The van der Waals surface area contributed by atoms with Crippen molar-refractivity contribution in [1.29, 1.82) is 0 Å². The molecule has 0 saturated carbocycles. The van der Waals surface area contributed by atoms with Crippen molar-refractivity contribution in [3.8, 4) is 0 Å². The van der Waals surface area contributed by atoms with E-state index in [2.05, 4.69) is 10.1 Å². The highest BCUT2D eigenvalue weighted by Crippen LogP contribution is 2.31. The molecule has 2 rings (SSSR count).